The zero-order valence-corrected chi connectivity index (χ0v) is 10.8. The number of hydrogen-bond acceptors (Lipinski definition) is 3. The fraction of sp³-hybridized carbons (Fsp3) is 0.800. The van der Waals surface area contributed by atoms with Gasteiger partial charge in [-0.25, -0.2) is 0 Å². The van der Waals surface area contributed by atoms with E-state index in [1.54, 1.807) is 19.0 Å². The summed E-state index contributed by atoms with van der Waals surface area (Å²) in [5.74, 6) is -0.201. The number of hydrogen-bond donors (Lipinski definition) is 1. The van der Waals surface area contributed by atoms with Crippen molar-refractivity contribution in [2.24, 2.45) is 0 Å². The summed E-state index contributed by atoms with van der Waals surface area (Å²) >= 11 is 0. The third-order valence-electron chi connectivity index (χ3n) is 2.52. The van der Waals surface area contributed by atoms with Crippen LogP contribution in [0.1, 0.15) is 13.3 Å². The van der Waals surface area contributed by atoms with E-state index in [-0.39, 0.29) is 30.6 Å². The number of amides is 2. The normalized spacial score (nSPS) is 19.9. The predicted octanol–water partition coefficient (Wildman–Crippen LogP) is -0.293. The Morgan fingerprint density at radius 3 is 2.56 bits per heavy atom. The standard InChI is InChI=1S/C10H19N3O2.ClH/c1-8-7-13(5-4-11-8)10(15)6-9(14)12(2)3;/h8,11H,4-7H2,1-3H3;1H. The lowest BCUT2D eigenvalue weighted by Crippen LogP contribution is -2.52. The number of nitrogens with zero attached hydrogens (tertiary/aromatic N) is 2. The van der Waals surface area contributed by atoms with E-state index < -0.39 is 0 Å². The van der Waals surface area contributed by atoms with Crippen LogP contribution in [0, 0.1) is 0 Å². The summed E-state index contributed by atoms with van der Waals surface area (Å²) in [6.45, 7) is 4.24. The average Bonchev–Trinajstić information content (AvgIpc) is 2.17. The molecule has 1 rings (SSSR count). The Morgan fingerprint density at radius 2 is 2.06 bits per heavy atom. The zero-order chi connectivity index (χ0) is 11.4. The van der Waals surface area contributed by atoms with Crippen LogP contribution in [0.15, 0.2) is 0 Å². The van der Waals surface area contributed by atoms with Crippen LogP contribution in [0.2, 0.25) is 0 Å². The summed E-state index contributed by atoms with van der Waals surface area (Å²) in [5, 5.41) is 3.25. The smallest absolute Gasteiger partial charge is 0.232 e. The van der Waals surface area contributed by atoms with Crippen LogP contribution in [-0.2, 0) is 9.59 Å². The minimum atomic E-state index is -0.133. The third-order valence-corrected chi connectivity index (χ3v) is 2.52. The van der Waals surface area contributed by atoms with Gasteiger partial charge < -0.3 is 15.1 Å². The highest BCUT2D eigenvalue weighted by molar-refractivity contribution is 5.96. The molecule has 1 saturated heterocycles. The topological polar surface area (TPSA) is 52.7 Å². The van der Waals surface area contributed by atoms with Gasteiger partial charge in [-0.15, -0.1) is 12.4 Å². The van der Waals surface area contributed by atoms with Crippen molar-refractivity contribution in [2.45, 2.75) is 19.4 Å². The summed E-state index contributed by atoms with van der Waals surface area (Å²) in [6.07, 6.45) is -0.0142. The van der Waals surface area contributed by atoms with Crippen molar-refractivity contribution < 1.29 is 9.59 Å². The maximum atomic E-state index is 11.7. The fourth-order valence-corrected chi connectivity index (χ4v) is 1.56. The van der Waals surface area contributed by atoms with Gasteiger partial charge in [0.05, 0.1) is 0 Å². The lowest BCUT2D eigenvalue weighted by atomic mass is 10.2. The van der Waals surface area contributed by atoms with Gasteiger partial charge in [-0.1, -0.05) is 0 Å². The van der Waals surface area contributed by atoms with Crippen LogP contribution in [0.3, 0.4) is 0 Å². The molecule has 0 aromatic rings. The molecule has 0 aromatic carbocycles. The second-order valence-electron chi connectivity index (χ2n) is 4.16. The molecule has 0 spiro atoms. The number of carbonyl (C=O) groups excluding carboxylic acids is 2. The van der Waals surface area contributed by atoms with Gasteiger partial charge in [0.1, 0.15) is 6.42 Å². The summed E-state index contributed by atoms with van der Waals surface area (Å²) in [6, 6.07) is 0.317. The van der Waals surface area contributed by atoms with Gasteiger partial charge in [-0.2, -0.15) is 0 Å². The van der Waals surface area contributed by atoms with Gasteiger partial charge in [0.2, 0.25) is 11.8 Å². The Labute approximate surface area is 103 Å². The van der Waals surface area contributed by atoms with Crippen LogP contribution >= 0.6 is 12.4 Å². The highest BCUT2D eigenvalue weighted by atomic mass is 35.5. The molecule has 6 heteroatoms. The lowest BCUT2D eigenvalue weighted by Gasteiger charge is -2.32. The molecule has 1 atom stereocenters. The van der Waals surface area contributed by atoms with E-state index in [1.807, 2.05) is 6.92 Å². The molecule has 16 heavy (non-hydrogen) atoms. The zero-order valence-electron chi connectivity index (χ0n) is 10.0. The molecule has 1 fully saturated rings. The van der Waals surface area contributed by atoms with Gasteiger partial charge in [-0.05, 0) is 6.92 Å². The third kappa shape index (κ3) is 4.37. The van der Waals surface area contributed by atoms with E-state index in [1.165, 1.54) is 4.90 Å². The summed E-state index contributed by atoms with van der Waals surface area (Å²) in [7, 11) is 3.33. The van der Waals surface area contributed by atoms with Gasteiger partial charge in [-0.3, -0.25) is 9.59 Å². The maximum Gasteiger partial charge on any atom is 0.232 e. The highest BCUT2D eigenvalue weighted by Gasteiger charge is 2.22. The second kappa shape index (κ2) is 6.70. The van der Waals surface area contributed by atoms with E-state index >= 15 is 0 Å². The molecule has 1 aliphatic heterocycles. The summed E-state index contributed by atoms with van der Waals surface area (Å²) in [5.41, 5.74) is 0. The Kier molecular flexibility index (Phi) is 6.36. The van der Waals surface area contributed by atoms with Crippen LogP contribution in [0.4, 0.5) is 0 Å². The highest BCUT2D eigenvalue weighted by Crippen LogP contribution is 2.02. The van der Waals surface area contributed by atoms with E-state index in [2.05, 4.69) is 5.32 Å². The first kappa shape index (κ1) is 15.2. The molecule has 0 aromatic heterocycles. The van der Waals surface area contributed by atoms with Crippen molar-refractivity contribution in [2.75, 3.05) is 33.7 Å². The average molecular weight is 250 g/mol. The first-order chi connectivity index (χ1) is 7.00. The SMILES string of the molecule is CC1CN(C(=O)CC(=O)N(C)C)CCN1.Cl. The number of piperazine rings is 1. The second-order valence-corrected chi connectivity index (χ2v) is 4.16. The van der Waals surface area contributed by atoms with E-state index in [4.69, 9.17) is 0 Å². The van der Waals surface area contributed by atoms with Gasteiger partial charge >= 0.3 is 0 Å². The van der Waals surface area contributed by atoms with Crippen molar-refractivity contribution in [3.05, 3.63) is 0 Å². The van der Waals surface area contributed by atoms with Crippen LogP contribution < -0.4 is 5.32 Å². The maximum absolute atomic E-state index is 11.7. The number of halogens is 1. The Balaban J connectivity index is 0.00000225. The van der Waals surface area contributed by atoms with Crippen LogP contribution in [-0.4, -0.2) is 61.4 Å². The molecule has 1 unspecified atom stereocenters. The Hall–Kier alpha value is -0.810. The van der Waals surface area contributed by atoms with Crippen LogP contribution in [0.25, 0.3) is 0 Å². The Bertz CT molecular complexity index is 258. The molecule has 1 N–H and O–H groups in total. The minimum absolute atomic E-state index is 0. The van der Waals surface area contributed by atoms with Crippen LogP contribution in [0.5, 0.6) is 0 Å². The monoisotopic (exact) mass is 249 g/mol. The first-order valence-corrected chi connectivity index (χ1v) is 5.22. The molecule has 0 aliphatic carbocycles. The van der Waals surface area contributed by atoms with E-state index in [9.17, 15) is 9.59 Å². The molecule has 1 aliphatic rings. The van der Waals surface area contributed by atoms with E-state index in [0.29, 0.717) is 19.1 Å². The van der Waals surface area contributed by atoms with Gasteiger partial charge in [0.15, 0.2) is 0 Å². The van der Waals surface area contributed by atoms with Crippen molar-refractivity contribution in [3.63, 3.8) is 0 Å². The number of rotatable bonds is 2. The van der Waals surface area contributed by atoms with Crippen molar-refractivity contribution >= 4 is 24.2 Å². The van der Waals surface area contributed by atoms with Crippen molar-refractivity contribution in [1.29, 1.82) is 0 Å². The fourth-order valence-electron chi connectivity index (χ4n) is 1.56. The van der Waals surface area contributed by atoms with Gasteiger partial charge in [0, 0.05) is 39.8 Å². The van der Waals surface area contributed by atoms with Gasteiger partial charge in [0.25, 0.3) is 0 Å². The first-order valence-electron chi connectivity index (χ1n) is 5.22. The molecule has 0 bridgehead atoms. The predicted molar refractivity (Wildman–Crippen MR) is 64.6 cm³/mol. The number of carbonyl (C=O) groups is 2. The summed E-state index contributed by atoms with van der Waals surface area (Å²) < 4.78 is 0. The largest absolute Gasteiger partial charge is 0.348 e. The molecule has 1 heterocycles. The molecular weight excluding hydrogens is 230 g/mol. The molecule has 2 amide bonds. The molecule has 94 valence electrons. The number of nitrogens with one attached hydrogen (secondary N) is 1. The van der Waals surface area contributed by atoms with Crippen molar-refractivity contribution in [1.82, 2.24) is 15.1 Å². The summed E-state index contributed by atoms with van der Waals surface area (Å²) in [4.78, 5) is 26.2. The molecule has 0 saturated carbocycles. The molecular formula is C10H20ClN3O2. The molecule has 5 nitrogen and oxygen atoms in total. The Morgan fingerprint density at radius 1 is 1.44 bits per heavy atom. The molecule has 0 radical (unpaired) electrons. The lowest BCUT2D eigenvalue weighted by molar-refractivity contribution is -0.140. The van der Waals surface area contributed by atoms with E-state index in [0.717, 1.165) is 6.54 Å². The van der Waals surface area contributed by atoms with Crippen molar-refractivity contribution in [3.8, 4) is 0 Å². The minimum Gasteiger partial charge on any atom is -0.348 e. The quantitative estimate of drug-likeness (QED) is 0.685.